The Morgan fingerprint density at radius 2 is 1.94 bits per heavy atom. The molecule has 0 saturated heterocycles. The maximum atomic E-state index is 11.9. The topological polar surface area (TPSA) is 75.4 Å². The van der Waals surface area contributed by atoms with Gasteiger partial charge in [-0.25, -0.2) is 0 Å². The maximum Gasteiger partial charge on any atom is 0.240 e. The van der Waals surface area contributed by atoms with Crippen LogP contribution in [0.1, 0.15) is 6.42 Å². The molecule has 0 heterocycles. The minimum absolute atomic E-state index is 0.0834. The zero-order chi connectivity index (χ0) is 12.7. The molecule has 0 saturated carbocycles. The average molecular weight is 235 g/mol. The van der Waals surface area contributed by atoms with E-state index in [1.54, 1.807) is 11.9 Å². The van der Waals surface area contributed by atoms with Crippen molar-refractivity contribution in [3.05, 3.63) is 30.3 Å². The molecule has 1 aromatic carbocycles. The molecule has 0 aromatic heterocycles. The summed E-state index contributed by atoms with van der Waals surface area (Å²) < 4.78 is 0. The average Bonchev–Trinajstić information content (AvgIpc) is 2.30. The van der Waals surface area contributed by atoms with E-state index < -0.39 is 5.91 Å². The summed E-state index contributed by atoms with van der Waals surface area (Å²) in [6, 6.07) is 9.22. The first kappa shape index (κ1) is 13.2. The number of likely N-dealkylation sites (N-methyl/N-ethyl adjacent to an activating group) is 1. The molecule has 0 unspecified atom stereocenters. The fourth-order valence-corrected chi connectivity index (χ4v) is 1.47. The van der Waals surface area contributed by atoms with Crippen molar-refractivity contribution < 1.29 is 9.59 Å². The minimum Gasteiger partial charge on any atom is -0.370 e. The highest BCUT2D eigenvalue weighted by atomic mass is 16.2. The molecule has 2 amide bonds. The lowest BCUT2D eigenvalue weighted by Crippen LogP contribution is -2.39. The predicted molar refractivity (Wildman–Crippen MR) is 66.5 cm³/mol. The van der Waals surface area contributed by atoms with E-state index in [0.29, 0.717) is 6.54 Å². The number of rotatable bonds is 6. The molecule has 0 spiro atoms. The Morgan fingerprint density at radius 3 is 2.47 bits per heavy atom. The van der Waals surface area contributed by atoms with Crippen molar-refractivity contribution in [2.24, 2.45) is 5.73 Å². The van der Waals surface area contributed by atoms with Crippen LogP contribution in [0.15, 0.2) is 30.3 Å². The largest absolute Gasteiger partial charge is 0.370 e. The fraction of sp³-hybridized carbons (Fsp3) is 0.333. The second-order valence-corrected chi connectivity index (χ2v) is 3.63. The molecule has 3 N–H and O–H groups in total. The summed E-state index contributed by atoms with van der Waals surface area (Å²) in [4.78, 5) is 24.2. The summed E-state index contributed by atoms with van der Waals surface area (Å²) in [5.74, 6) is -0.497. The highest BCUT2D eigenvalue weighted by Gasteiger charge is 2.14. The van der Waals surface area contributed by atoms with Gasteiger partial charge in [0.15, 0.2) is 0 Å². The molecule has 1 rings (SSSR count). The molecule has 92 valence electrons. The van der Waals surface area contributed by atoms with Crippen molar-refractivity contribution in [2.75, 3.05) is 25.0 Å². The van der Waals surface area contributed by atoms with Gasteiger partial charge in [0, 0.05) is 18.7 Å². The number of primary amides is 1. The van der Waals surface area contributed by atoms with Gasteiger partial charge in [-0.05, 0) is 19.2 Å². The molecular weight excluding hydrogens is 218 g/mol. The van der Waals surface area contributed by atoms with Crippen LogP contribution >= 0.6 is 0 Å². The van der Waals surface area contributed by atoms with Gasteiger partial charge < -0.3 is 16.0 Å². The molecular formula is C12H17N3O2. The number of amides is 2. The van der Waals surface area contributed by atoms with Crippen LogP contribution in [-0.4, -0.2) is 32.0 Å². The Morgan fingerprint density at radius 1 is 1.29 bits per heavy atom. The summed E-state index contributed by atoms with van der Waals surface area (Å²) in [5.41, 5.74) is 5.87. The quantitative estimate of drug-likeness (QED) is 0.735. The smallest absolute Gasteiger partial charge is 0.240 e. The van der Waals surface area contributed by atoms with Gasteiger partial charge in [0.1, 0.15) is 0 Å². The molecule has 0 atom stereocenters. The molecule has 17 heavy (non-hydrogen) atoms. The number of para-hydroxylation sites is 1. The molecule has 0 aliphatic carbocycles. The second-order valence-electron chi connectivity index (χ2n) is 3.63. The highest BCUT2D eigenvalue weighted by Crippen LogP contribution is 2.13. The third-order valence-corrected chi connectivity index (χ3v) is 2.28. The van der Waals surface area contributed by atoms with E-state index in [1.807, 2.05) is 30.3 Å². The molecule has 0 radical (unpaired) electrons. The first-order chi connectivity index (χ1) is 8.15. The zero-order valence-corrected chi connectivity index (χ0v) is 9.85. The number of nitrogens with zero attached hydrogens (tertiary/aromatic N) is 1. The SMILES string of the molecule is CNCC(=O)N(CCC(N)=O)c1ccccc1. The lowest BCUT2D eigenvalue weighted by molar-refractivity contribution is -0.118. The summed E-state index contributed by atoms with van der Waals surface area (Å²) in [6.07, 6.45) is 0.157. The van der Waals surface area contributed by atoms with Crippen molar-refractivity contribution in [3.8, 4) is 0 Å². The number of hydrogen-bond donors (Lipinski definition) is 2. The van der Waals surface area contributed by atoms with E-state index in [2.05, 4.69) is 5.32 Å². The van der Waals surface area contributed by atoms with Crippen molar-refractivity contribution in [1.82, 2.24) is 5.32 Å². The molecule has 0 fully saturated rings. The molecule has 5 nitrogen and oxygen atoms in total. The van der Waals surface area contributed by atoms with Gasteiger partial charge in [-0.1, -0.05) is 18.2 Å². The van der Waals surface area contributed by atoms with E-state index in [0.717, 1.165) is 5.69 Å². The third kappa shape index (κ3) is 4.24. The van der Waals surface area contributed by atoms with Crippen molar-refractivity contribution in [2.45, 2.75) is 6.42 Å². The highest BCUT2D eigenvalue weighted by molar-refractivity contribution is 5.95. The van der Waals surface area contributed by atoms with E-state index >= 15 is 0 Å². The summed E-state index contributed by atoms with van der Waals surface area (Å²) in [7, 11) is 1.70. The summed E-state index contributed by atoms with van der Waals surface area (Å²) >= 11 is 0. The molecule has 0 aliphatic rings. The van der Waals surface area contributed by atoms with Gasteiger partial charge >= 0.3 is 0 Å². The lowest BCUT2D eigenvalue weighted by atomic mass is 10.2. The van der Waals surface area contributed by atoms with Crippen molar-refractivity contribution in [1.29, 1.82) is 0 Å². The standard InChI is InChI=1S/C12H17N3O2/c1-14-9-12(17)15(8-7-11(13)16)10-5-3-2-4-6-10/h2-6,14H,7-9H2,1H3,(H2,13,16). The van der Waals surface area contributed by atoms with Gasteiger partial charge in [-0.3, -0.25) is 9.59 Å². The van der Waals surface area contributed by atoms with Crippen LogP contribution in [0.5, 0.6) is 0 Å². The third-order valence-electron chi connectivity index (χ3n) is 2.28. The Balaban J connectivity index is 2.78. The first-order valence-electron chi connectivity index (χ1n) is 5.43. The van der Waals surface area contributed by atoms with Gasteiger partial charge in [0.05, 0.1) is 6.54 Å². The van der Waals surface area contributed by atoms with E-state index in [1.165, 1.54) is 0 Å². The monoisotopic (exact) mass is 235 g/mol. The second kappa shape index (κ2) is 6.65. The van der Waals surface area contributed by atoms with Gasteiger partial charge in [0.2, 0.25) is 11.8 Å². The van der Waals surface area contributed by atoms with Crippen molar-refractivity contribution >= 4 is 17.5 Å². The number of carbonyl (C=O) groups excluding carboxylic acids is 2. The number of hydrogen-bond acceptors (Lipinski definition) is 3. The van der Waals surface area contributed by atoms with E-state index in [9.17, 15) is 9.59 Å². The minimum atomic E-state index is -0.414. The Kier molecular flexibility index (Phi) is 5.16. The van der Waals surface area contributed by atoms with Crippen LogP contribution in [0.2, 0.25) is 0 Å². The van der Waals surface area contributed by atoms with Crippen molar-refractivity contribution in [3.63, 3.8) is 0 Å². The molecule has 0 bridgehead atoms. The fourth-order valence-electron chi connectivity index (χ4n) is 1.47. The Bertz CT molecular complexity index is 379. The van der Waals surface area contributed by atoms with Crippen LogP contribution in [0.4, 0.5) is 5.69 Å². The van der Waals surface area contributed by atoms with Crippen LogP contribution in [0.25, 0.3) is 0 Å². The van der Waals surface area contributed by atoms with Gasteiger partial charge in [-0.15, -0.1) is 0 Å². The van der Waals surface area contributed by atoms with Gasteiger partial charge in [0.25, 0.3) is 0 Å². The number of nitrogens with two attached hydrogens (primary N) is 1. The lowest BCUT2D eigenvalue weighted by Gasteiger charge is -2.22. The van der Waals surface area contributed by atoms with Crippen LogP contribution in [0.3, 0.4) is 0 Å². The van der Waals surface area contributed by atoms with Crippen LogP contribution in [0, 0.1) is 0 Å². The molecule has 0 aliphatic heterocycles. The number of carbonyl (C=O) groups is 2. The molecule has 1 aromatic rings. The number of benzene rings is 1. The summed E-state index contributed by atoms with van der Waals surface area (Å²) in [5, 5.41) is 2.80. The summed E-state index contributed by atoms with van der Waals surface area (Å²) in [6.45, 7) is 0.535. The van der Waals surface area contributed by atoms with E-state index in [-0.39, 0.29) is 18.9 Å². The normalized spacial score (nSPS) is 9.94. The maximum absolute atomic E-state index is 11.9. The van der Waals surface area contributed by atoms with Crippen LogP contribution < -0.4 is 16.0 Å². The zero-order valence-electron chi connectivity index (χ0n) is 9.85. The van der Waals surface area contributed by atoms with Crippen LogP contribution in [-0.2, 0) is 9.59 Å². The number of anilines is 1. The Hall–Kier alpha value is -1.88. The number of nitrogens with one attached hydrogen (secondary N) is 1. The predicted octanol–water partition coefficient (Wildman–Crippen LogP) is 0.114. The first-order valence-corrected chi connectivity index (χ1v) is 5.43. The molecule has 5 heteroatoms. The van der Waals surface area contributed by atoms with Gasteiger partial charge in [-0.2, -0.15) is 0 Å². The Labute approximate surface area is 101 Å². The van der Waals surface area contributed by atoms with E-state index in [4.69, 9.17) is 5.73 Å².